The molecule has 29 heavy (non-hydrogen) atoms. The first-order valence-electron chi connectivity index (χ1n) is 9.78. The highest BCUT2D eigenvalue weighted by Gasteiger charge is 2.35. The maximum atomic E-state index is 12.8. The summed E-state index contributed by atoms with van der Waals surface area (Å²) in [7, 11) is 0. The van der Waals surface area contributed by atoms with Crippen molar-refractivity contribution >= 4 is 17.8 Å². The quantitative estimate of drug-likeness (QED) is 0.251. The van der Waals surface area contributed by atoms with Crippen LogP contribution in [0.4, 0.5) is 0 Å². The van der Waals surface area contributed by atoms with E-state index < -0.39 is 35.8 Å². The number of benzene rings is 1. The molecule has 0 heterocycles. The molecule has 0 aliphatic carbocycles. The first-order chi connectivity index (χ1) is 13.6. The van der Waals surface area contributed by atoms with Gasteiger partial charge in [0, 0.05) is 0 Å². The van der Waals surface area contributed by atoms with E-state index in [1.54, 1.807) is 0 Å². The second-order valence-corrected chi connectivity index (χ2v) is 7.94. The molecule has 0 radical (unpaired) electrons. The molecule has 162 valence electrons. The molecule has 0 saturated carbocycles. The minimum absolute atomic E-state index is 0.000439. The summed E-state index contributed by atoms with van der Waals surface area (Å²) in [5, 5.41) is 21.5. The fraction of sp³-hybridized carbons (Fsp3) is 0.571. The van der Waals surface area contributed by atoms with Crippen molar-refractivity contribution in [3.05, 3.63) is 35.9 Å². The van der Waals surface area contributed by atoms with Gasteiger partial charge in [-0.2, -0.15) is 0 Å². The number of amides is 2. The van der Waals surface area contributed by atoms with E-state index in [0.717, 1.165) is 5.56 Å². The number of hydrogen-bond donors (Lipinski definition) is 4. The predicted octanol–water partition coefficient (Wildman–Crippen LogP) is 1.79. The topological polar surface area (TPSA) is 125 Å². The highest BCUT2D eigenvalue weighted by atomic mass is 16.5. The van der Waals surface area contributed by atoms with Crippen LogP contribution >= 0.6 is 0 Å². The third-order valence-corrected chi connectivity index (χ3v) is 4.35. The summed E-state index contributed by atoms with van der Waals surface area (Å²) < 4.78 is 5.35. The fourth-order valence-corrected chi connectivity index (χ4v) is 2.93. The monoisotopic (exact) mass is 408 g/mol. The van der Waals surface area contributed by atoms with Crippen LogP contribution in [0, 0.1) is 17.8 Å². The van der Waals surface area contributed by atoms with Gasteiger partial charge in [0.1, 0.15) is 18.8 Å². The van der Waals surface area contributed by atoms with Crippen LogP contribution in [0.3, 0.4) is 0 Å². The minimum Gasteiger partial charge on any atom is -0.459 e. The summed E-state index contributed by atoms with van der Waals surface area (Å²) in [5.74, 6) is -3.31. The molecule has 0 bridgehead atoms. The largest absolute Gasteiger partial charge is 0.459 e. The van der Waals surface area contributed by atoms with Gasteiger partial charge in [-0.05, 0) is 30.2 Å². The summed E-state index contributed by atoms with van der Waals surface area (Å²) >= 11 is 0. The third kappa shape index (κ3) is 8.62. The molecule has 8 nitrogen and oxygen atoms in total. The van der Waals surface area contributed by atoms with Crippen LogP contribution in [0.25, 0.3) is 0 Å². The van der Waals surface area contributed by atoms with E-state index in [4.69, 9.17) is 9.94 Å². The Bertz CT molecular complexity index is 662. The van der Waals surface area contributed by atoms with E-state index in [9.17, 15) is 19.5 Å². The molecular formula is C21H32N2O6. The first-order valence-corrected chi connectivity index (χ1v) is 9.78. The fourth-order valence-electron chi connectivity index (χ4n) is 2.93. The summed E-state index contributed by atoms with van der Waals surface area (Å²) in [4.78, 5) is 37.0. The number of hydrogen-bond acceptors (Lipinski definition) is 6. The van der Waals surface area contributed by atoms with E-state index in [1.807, 2.05) is 58.0 Å². The second kappa shape index (κ2) is 12.2. The molecule has 4 N–H and O–H groups in total. The Kier molecular flexibility index (Phi) is 10.3. The molecule has 0 spiro atoms. The summed E-state index contributed by atoms with van der Waals surface area (Å²) in [6.07, 6.45) is -1.19. The van der Waals surface area contributed by atoms with Crippen LogP contribution in [0.5, 0.6) is 0 Å². The lowest BCUT2D eigenvalue weighted by molar-refractivity contribution is -0.152. The number of nitrogens with one attached hydrogen (secondary N) is 2. The highest BCUT2D eigenvalue weighted by Crippen LogP contribution is 2.18. The van der Waals surface area contributed by atoms with Crippen LogP contribution in [-0.4, -0.2) is 40.2 Å². The third-order valence-electron chi connectivity index (χ3n) is 4.35. The van der Waals surface area contributed by atoms with Crippen LogP contribution in [-0.2, 0) is 25.7 Å². The van der Waals surface area contributed by atoms with Crippen molar-refractivity contribution in [2.24, 2.45) is 17.8 Å². The van der Waals surface area contributed by atoms with Crippen molar-refractivity contribution in [1.82, 2.24) is 10.8 Å². The summed E-state index contributed by atoms with van der Waals surface area (Å²) in [6, 6.07) is 8.26. The maximum Gasteiger partial charge on any atom is 0.328 e. The molecule has 3 atom stereocenters. The van der Waals surface area contributed by atoms with Gasteiger partial charge in [0.25, 0.3) is 5.91 Å². The number of ether oxygens (including phenoxy) is 1. The molecule has 0 aliphatic rings. The molecule has 2 amide bonds. The molecule has 0 aliphatic heterocycles. The highest BCUT2D eigenvalue weighted by molar-refractivity contribution is 5.91. The van der Waals surface area contributed by atoms with Crippen molar-refractivity contribution in [1.29, 1.82) is 0 Å². The first kappa shape index (κ1) is 24.6. The normalized spacial score (nSPS) is 14.2. The average molecular weight is 408 g/mol. The van der Waals surface area contributed by atoms with Crippen LogP contribution < -0.4 is 10.8 Å². The zero-order valence-electron chi connectivity index (χ0n) is 17.4. The number of aliphatic hydroxyl groups is 1. The lowest BCUT2D eigenvalue weighted by Gasteiger charge is -2.26. The lowest BCUT2D eigenvalue weighted by Crippen LogP contribution is -2.50. The Morgan fingerprint density at radius 2 is 1.55 bits per heavy atom. The summed E-state index contributed by atoms with van der Waals surface area (Å²) in [5.41, 5.74) is 2.18. The zero-order chi connectivity index (χ0) is 22.0. The Hall–Kier alpha value is -2.45. The molecule has 1 aromatic rings. The maximum absolute atomic E-state index is 12.8. The Balaban J connectivity index is 2.87. The molecule has 0 aromatic heterocycles. The lowest BCUT2D eigenvalue weighted by atomic mass is 9.90. The van der Waals surface area contributed by atoms with Crippen LogP contribution in [0.2, 0.25) is 0 Å². The second-order valence-electron chi connectivity index (χ2n) is 7.94. The van der Waals surface area contributed by atoms with Crippen LogP contribution in [0.1, 0.15) is 46.1 Å². The van der Waals surface area contributed by atoms with Crippen molar-refractivity contribution < 1.29 is 29.4 Å². The van der Waals surface area contributed by atoms with Gasteiger partial charge in [-0.15, -0.1) is 0 Å². The van der Waals surface area contributed by atoms with E-state index in [-0.39, 0.29) is 24.9 Å². The van der Waals surface area contributed by atoms with E-state index >= 15 is 0 Å². The van der Waals surface area contributed by atoms with E-state index in [0.29, 0.717) is 6.42 Å². The van der Waals surface area contributed by atoms with Crippen LogP contribution in [0.15, 0.2) is 30.3 Å². The van der Waals surface area contributed by atoms with E-state index in [2.05, 4.69) is 5.32 Å². The van der Waals surface area contributed by atoms with Crippen molar-refractivity contribution in [2.45, 2.75) is 59.3 Å². The standard InChI is InChI=1S/C21H32N2O6/c1-13(2)10-16(18(24)20(26)23-28)19(25)22-17(11-14(3)4)21(27)29-12-15-8-6-5-7-9-15/h5-9,13-14,16-18,24,28H,10-12H2,1-4H3,(H,22,25)(H,23,26)/t16-,17+,18+/m1/s1. The van der Waals surface area contributed by atoms with E-state index in [1.165, 1.54) is 5.48 Å². The van der Waals surface area contributed by atoms with Gasteiger partial charge >= 0.3 is 5.97 Å². The summed E-state index contributed by atoms with van der Waals surface area (Å²) in [6.45, 7) is 7.56. The van der Waals surface area contributed by atoms with Crippen molar-refractivity contribution in [2.75, 3.05) is 0 Å². The Morgan fingerprint density at radius 3 is 2.07 bits per heavy atom. The van der Waals surface area contributed by atoms with Gasteiger partial charge in [0.2, 0.25) is 5.91 Å². The van der Waals surface area contributed by atoms with Crippen molar-refractivity contribution in [3.63, 3.8) is 0 Å². The molecule has 0 saturated heterocycles. The predicted molar refractivity (Wildman–Crippen MR) is 107 cm³/mol. The number of rotatable bonds is 11. The van der Waals surface area contributed by atoms with Gasteiger partial charge in [-0.25, -0.2) is 10.3 Å². The van der Waals surface area contributed by atoms with Gasteiger partial charge in [-0.3, -0.25) is 14.8 Å². The molecule has 1 aromatic carbocycles. The molecule has 0 fully saturated rings. The minimum atomic E-state index is -1.73. The number of carbonyl (C=O) groups is 3. The Morgan fingerprint density at radius 1 is 0.966 bits per heavy atom. The van der Waals surface area contributed by atoms with Gasteiger partial charge in [0.15, 0.2) is 0 Å². The number of esters is 1. The average Bonchev–Trinajstić information content (AvgIpc) is 2.68. The molecule has 1 rings (SSSR count). The zero-order valence-corrected chi connectivity index (χ0v) is 17.4. The van der Waals surface area contributed by atoms with Crippen molar-refractivity contribution in [3.8, 4) is 0 Å². The molecule has 0 unspecified atom stereocenters. The number of carbonyl (C=O) groups excluding carboxylic acids is 3. The Labute approximate surface area is 171 Å². The van der Waals surface area contributed by atoms with Gasteiger partial charge in [-0.1, -0.05) is 58.0 Å². The molecule has 8 heteroatoms. The molecular weight excluding hydrogens is 376 g/mol. The van der Waals surface area contributed by atoms with Gasteiger partial charge < -0.3 is 15.2 Å². The SMILES string of the molecule is CC(C)C[C@H](NC(=O)[C@H](CC(C)C)[C@H](O)C(=O)NO)C(=O)OCc1ccccc1. The number of aliphatic hydroxyl groups excluding tert-OH is 1. The smallest absolute Gasteiger partial charge is 0.328 e. The number of hydroxylamine groups is 1. The van der Waals surface area contributed by atoms with Gasteiger partial charge in [0.05, 0.1) is 5.92 Å².